The minimum atomic E-state index is -0.841. The Balaban J connectivity index is 2.39. The molecule has 1 heterocycles. The van der Waals surface area contributed by atoms with E-state index in [9.17, 15) is 14.4 Å². The van der Waals surface area contributed by atoms with E-state index in [1.165, 1.54) is 0 Å². The van der Waals surface area contributed by atoms with Crippen LogP contribution >= 0.6 is 0 Å². The number of amides is 2. The van der Waals surface area contributed by atoms with E-state index < -0.39 is 17.4 Å². The number of carbonyl (C=O) groups excluding carboxylic acids is 2. The van der Waals surface area contributed by atoms with Gasteiger partial charge in [-0.25, -0.2) is 0 Å². The standard InChI is InChI=1S/C13H22N2O4/c1-8(14-12(19)13(2,3)4)11(18)15-6-9(7-15)5-10(16)17/h8-9H,5-7H2,1-4H3,(H,14,19)(H,16,17). The van der Waals surface area contributed by atoms with Crippen molar-refractivity contribution in [3.05, 3.63) is 0 Å². The van der Waals surface area contributed by atoms with E-state index in [0.717, 1.165) is 0 Å². The van der Waals surface area contributed by atoms with Crippen molar-refractivity contribution in [1.82, 2.24) is 10.2 Å². The number of hydrogen-bond donors (Lipinski definition) is 2. The fourth-order valence-electron chi connectivity index (χ4n) is 1.87. The zero-order valence-corrected chi connectivity index (χ0v) is 11.9. The Kier molecular flexibility index (Phi) is 4.55. The highest BCUT2D eigenvalue weighted by atomic mass is 16.4. The summed E-state index contributed by atoms with van der Waals surface area (Å²) in [6, 6.07) is -0.572. The van der Waals surface area contributed by atoms with Gasteiger partial charge in [0.25, 0.3) is 0 Å². The van der Waals surface area contributed by atoms with Crippen LogP contribution in [-0.4, -0.2) is 46.9 Å². The number of rotatable bonds is 4. The molecule has 6 nitrogen and oxygen atoms in total. The average Bonchev–Trinajstić information content (AvgIpc) is 2.19. The lowest BCUT2D eigenvalue weighted by molar-refractivity contribution is -0.147. The molecule has 0 bridgehead atoms. The van der Waals surface area contributed by atoms with Crippen LogP contribution in [-0.2, 0) is 14.4 Å². The molecule has 0 radical (unpaired) electrons. The summed E-state index contributed by atoms with van der Waals surface area (Å²) in [4.78, 5) is 35.8. The van der Waals surface area contributed by atoms with Gasteiger partial charge in [0.05, 0.1) is 6.42 Å². The van der Waals surface area contributed by atoms with Gasteiger partial charge in [-0.05, 0) is 6.92 Å². The van der Waals surface area contributed by atoms with Gasteiger partial charge >= 0.3 is 5.97 Å². The van der Waals surface area contributed by atoms with Crippen molar-refractivity contribution in [3.8, 4) is 0 Å². The molecule has 1 unspecified atom stereocenters. The van der Waals surface area contributed by atoms with E-state index in [2.05, 4.69) is 5.32 Å². The Morgan fingerprint density at radius 3 is 2.26 bits per heavy atom. The van der Waals surface area contributed by atoms with Crippen LogP contribution in [0.15, 0.2) is 0 Å². The van der Waals surface area contributed by atoms with E-state index >= 15 is 0 Å². The van der Waals surface area contributed by atoms with Crippen molar-refractivity contribution in [3.63, 3.8) is 0 Å². The van der Waals surface area contributed by atoms with Crippen LogP contribution in [0.3, 0.4) is 0 Å². The first-order chi connectivity index (χ1) is 8.61. The number of nitrogens with one attached hydrogen (secondary N) is 1. The molecule has 1 fully saturated rings. The van der Waals surface area contributed by atoms with Crippen LogP contribution in [0.25, 0.3) is 0 Å². The number of carbonyl (C=O) groups is 3. The molecule has 0 aliphatic carbocycles. The Morgan fingerprint density at radius 2 is 1.84 bits per heavy atom. The smallest absolute Gasteiger partial charge is 0.303 e. The first-order valence-electron chi connectivity index (χ1n) is 6.43. The molecule has 1 aliphatic rings. The van der Waals surface area contributed by atoms with Gasteiger partial charge in [-0.2, -0.15) is 0 Å². The summed E-state index contributed by atoms with van der Waals surface area (Å²) in [6.07, 6.45) is 0.0898. The maximum Gasteiger partial charge on any atom is 0.303 e. The van der Waals surface area contributed by atoms with Crippen LogP contribution in [0, 0.1) is 11.3 Å². The molecule has 108 valence electrons. The Bertz CT molecular complexity index is 381. The van der Waals surface area contributed by atoms with E-state index in [0.29, 0.717) is 13.1 Å². The van der Waals surface area contributed by atoms with E-state index in [4.69, 9.17) is 5.11 Å². The summed E-state index contributed by atoms with van der Waals surface area (Å²) in [6.45, 7) is 7.92. The highest BCUT2D eigenvalue weighted by molar-refractivity contribution is 5.89. The molecule has 0 aromatic rings. The number of nitrogens with zero attached hydrogens (tertiary/aromatic N) is 1. The molecule has 1 rings (SSSR count). The molecule has 0 spiro atoms. The van der Waals surface area contributed by atoms with Gasteiger partial charge in [0, 0.05) is 24.4 Å². The molecule has 6 heteroatoms. The van der Waals surface area contributed by atoms with Crippen molar-refractivity contribution in [2.75, 3.05) is 13.1 Å². The SMILES string of the molecule is CC(NC(=O)C(C)(C)C)C(=O)N1CC(CC(=O)O)C1. The molecule has 0 aromatic carbocycles. The van der Waals surface area contributed by atoms with Gasteiger partial charge in [0.2, 0.25) is 11.8 Å². The fraction of sp³-hybridized carbons (Fsp3) is 0.769. The molecule has 0 aromatic heterocycles. The highest BCUT2D eigenvalue weighted by Gasteiger charge is 2.35. The first kappa shape index (κ1) is 15.5. The third kappa shape index (κ3) is 4.22. The number of aliphatic carboxylic acids is 1. The number of hydrogen-bond acceptors (Lipinski definition) is 3. The van der Waals surface area contributed by atoms with Crippen LogP contribution in [0.1, 0.15) is 34.1 Å². The fourth-order valence-corrected chi connectivity index (χ4v) is 1.87. The Morgan fingerprint density at radius 1 is 1.32 bits per heavy atom. The van der Waals surface area contributed by atoms with Gasteiger partial charge in [-0.3, -0.25) is 14.4 Å². The normalized spacial score (nSPS) is 17.6. The van der Waals surface area contributed by atoms with Gasteiger partial charge in [0.1, 0.15) is 6.04 Å². The minimum absolute atomic E-state index is 0.0342. The maximum absolute atomic E-state index is 12.0. The van der Waals surface area contributed by atoms with Crippen LogP contribution in [0.5, 0.6) is 0 Å². The predicted octanol–water partition coefficient (Wildman–Crippen LogP) is 0.470. The van der Waals surface area contributed by atoms with Gasteiger partial charge in [0.15, 0.2) is 0 Å². The number of carboxylic acid groups (broad SMARTS) is 1. The van der Waals surface area contributed by atoms with Gasteiger partial charge < -0.3 is 15.3 Å². The van der Waals surface area contributed by atoms with E-state index in [1.54, 1.807) is 32.6 Å². The molecule has 2 N–H and O–H groups in total. The molecular weight excluding hydrogens is 248 g/mol. The lowest BCUT2D eigenvalue weighted by Gasteiger charge is -2.40. The molecule has 19 heavy (non-hydrogen) atoms. The Labute approximate surface area is 113 Å². The molecule has 1 atom stereocenters. The van der Waals surface area contributed by atoms with E-state index in [-0.39, 0.29) is 24.2 Å². The molecular formula is C13H22N2O4. The minimum Gasteiger partial charge on any atom is -0.481 e. The second kappa shape index (κ2) is 5.59. The third-order valence-corrected chi connectivity index (χ3v) is 3.13. The quantitative estimate of drug-likeness (QED) is 0.777. The van der Waals surface area contributed by atoms with Crippen molar-refractivity contribution in [1.29, 1.82) is 0 Å². The van der Waals surface area contributed by atoms with Crippen LogP contribution in [0.4, 0.5) is 0 Å². The summed E-state index contributed by atoms with van der Waals surface area (Å²) < 4.78 is 0. The zero-order valence-electron chi connectivity index (χ0n) is 11.9. The lowest BCUT2D eigenvalue weighted by Crippen LogP contribution is -2.57. The molecule has 1 saturated heterocycles. The predicted molar refractivity (Wildman–Crippen MR) is 69.4 cm³/mol. The Hall–Kier alpha value is -1.59. The lowest BCUT2D eigenvalue weighted by atomic mass is 9.94. The third-order valence-electron chi connectivity index (χ3n) is 3.13. The second-order valence-corrected chi connectivity index (χ2v) is 6.15. The van der Waals surface area contributed by atoms with Crippen molar-refractivity contribution in [2.45, 2.75) is 40.2 Å². The van der Waals surface area contributed by atoms with Gasteiger partial charge in [-0.15, -0.1) is 0 Å². The summed E-state index contributed by atoms with van der Waals surface area (Å²) in [5, 5.41) is 11.3. The first-order valence-corrected chi connectivity index (χ1v) is 6.43. The van der Waals surface area contributed by atoms with Crippen LogP contribution < -0.4 is 5.32 Å². The monoisotopic (exact) mass is 270 g/mol. The summed E-state index contributed by atoms with van der Waals surface area (Å²) in [7, 11) is 0. The van der Waals surface area contributed by atoms with Crippen molar-refractivity contribution < 1.29 is 19.5 Å². The number of carboxylic acids is 1. The molecule has 0 saturated carbocycles. The number of likely N-dealkylation sites (tertiary alicyclic amines) is 1. The molecule has 1 aliphatic heterocycles. The van der Waals surface area contributed by atoms with Crippen LogP contribution in [0.2, 0.25) is 0 Å². The summed E-state index contributed by atoms with van der Waals surface area (Å²) in [5.41, 5.74) is -0.532. The van der Waals surface area contributed by atoms with Crippen molar-refractivity contribution >= 4 is 17.8 Å². The van der Waals surface area contributed by atoms with Crippen molar-refractivity contribution in [2.24, 2.45) is 11.3 Å². The molecule has 2 amide bonds. The summed E-state index contributed by atoms with van der Waals surface area (Å²) >= 11 is 0. The topological polar surface area (TPSA) is 86.7 Å². The van der Waals surface area contributed by atoms with E-state index in [1.807, 2.05) is 0 Å². The average molecular weight is 270 g/mol. The van der Waals surface area contributed by atoms with Gasteiger partial charge in [-0.1, -0.05) is 20.8 Å². The summed E-state index contributed by atoms with van der Waals surface area (Å²) in [5.74, 6) is -1.13. The second-order valence-electron chi connectivity index (χ2n) is 6.15. The maximum atomic E-state index is 12.0. The highest BCUT2D eigenvalue weighted by Crippen LogP contribution is 2.20. The largest absolute Gasteiger partial charge is 0.481 e. The zero-order chi connectivity index (χ0) is 14.8.